The van der Waals surface area contributed by atoms with Crippen molar-refractivity contribution in [3.05, 3.63) is 82.4 Å². The number of carbonyl (C=O) groups excluding carboxylic acids is 2. The Labute approximate surface area is 215 Å². The molecule has 2 aliphatic heterocycles. The van der Waals surface area contributed by atoms with Gasteiger partial charge in [-0.05, 0) is 48.8 Å². The lowest BCUT2D eigenvalue weighted by Gasteiger charge is -2.37. The van der Waals surface area contributed by atoms with Crippen LogP contribution in [0.5, 0.6) is 5.75 Å². The molecule has 1 unspecified atom stereocenters. The summed E-state index contributed by atoms with van der Waals surface area (Å²) in [6.45, 7) is 2.75. The van der Waals surface area contributed by atoms with Gasteiger partial charge in [-0.2, -0.15) is 0 Å². The average Bonchev–Trinajstić information content (AvgIpc) is 3.66. The van der Waals surface area contributed by atoms with Crippen LogP contribution in [0.1, 0.15) is 43.4 Å². The van der Waals surface area contributed by atoms with Crippen LogP contribution in [0.15, 0.2) is 76.3 Å². The molecule has 7 nitrogen and oxygen atoms in total. The molecule has 2 heterocycles. The number of benzene rings is 2. The topological polar surface area (TPSA) is 80.2 Å². The number of methoxy groups -OCH3 is 1. The van der Waals surface area contributed by atoms with Gasteiger partial charge in [0.1, 0.15) is 5.75 Å². The second kappa shape index (κ2) is 10.6. The summed E-state index contributed by atoms with van der Waals surface area (Å²) in [6.07, 6.45) is 2.56. The molecule has 1 fully saturated rings. The van der Waals surface area contributed by atoms with E-state index in [2.05, 4.69) is 5.32 Å². The number of fused-ring (bicyclic) bond motifs is 1. The zero-order chi connectivity index (χ0) is 25.1. The van der Waals surface area contributed by atoms with Crippen LogP contribution in [0.2, 0.25) is 0 Å². The van der Waals surface area contributed by atoms with Crippen LogP contribution in [0.3, 0.4) is 0 Å². The number of hydrogen-bond donors (Lipinski definition) is 1. The van der Waals surface area contributed by atoms with Crippen LogP contribution in [-0.2, 0) is 14.3 Å². The summed E-state index contributed by atoms with van der Waals surface area (Å²) in [7, 11) is 1.62. The Morgan fingerprint density at radius 1 is 1.14 bits per heavy atom. The van der Waals surface area contributed by atoms with Crippen molar-refractivity contribution >= 4 is 34.5 Å². The van der Waals surface area contributed by atoms with E-state index in [-0.39, 0.29) is 18.9 Å². The lowest BCUT2D eigenvalue weighted by Crippen LogP contribution is -2.38. The molecule has 5 rings (SSSR count). The second-order valence-electron chi connectivity index (χ2n) is 8.94. The van der Waals surface area contributed by atoms with Gasteiger partial charge >= 0.3 is 5.97 Å². The van der Waals surface area contributed by atoms with Gasteiger partial charge in [0.25, 0.3) is 0 Å². The number of hydrogen-bond acceptors (Lipinski definition) is 7. The third-order valence-electron chi connectivity index (χ3n) is 6.39. The monoisotopic (exact) mass is 503 g/mol. The number of nitrogens with one attached hydrogen (secondary N) is 1. The third kappa shape index (κ3) is 5.04. The molecule has 0 radical (unpaired) electrons. The van der Waals surface area contributed by atoms with Gasteiger partial charge in [-0.25, -0.2) is 9.79 Å². The van der Waals surface area contributed by atoms with E-state index in [1.165, 1.54) is 24.6 Å². The van der Waals surface area contributed by atoms with E-state index >= 15 is 0 Å². The van der Waals surface area contributed by atoms with Crippen molar-refractivity contribution < 1.29 is 19.1 Å². The molecule has 0 bridgehead atoms. The van der Waals surface area contributed by atoms with E-state index in [0.29, 0.717) is 29.5 Å². The van der Waals surface area contributed by atoms with E-state index in [1.54, 1.807) is 14.0 Å². The number of nitrogens with zero attached hydrogens (tertiary/aromatic N) is 2. The molecule has 0 spiro atoms. The Kier molecular flexibility index (Phi) is 7.13. The van der Waals surface area contributed by atoms with Crippen molar-refractivity contribution in [3.63, 3.8) is 0 Å². The quantitative estimate of drug-likeness (QED) is 0.491. The van der Waals surface area contributed by atoms with Crippen molar-refractivity contribution in [1.29, 1.82) is 0 Å². The van der Waals surface area contributed by atoms with Crippen LogP contribution in [0, 0.1) is 5.92 Å². The predicted molar refractivity (Wildman–Crippen MR) is 141 cm³/mol. The van der Waals surface area contributed by atoms with Crippen LogP contribution < -0.4 is 10.1 Å². The summed E-state index contributed by atoms with van der Waals surface area (Å²) >= 11 is 1.46. The molecule has 1 atom stereocenters. The minimum atomic E-state index is -0.528. The molecular weight excluding hydrogens is 474 g/mol. The Morgan fingerprint density at radius 2 is 1.94 bits per heavy atom. The molecular formula is C28H29N3O4S. The Bertz CT molecular complexity index is 1250. The van der Waals surface area contributed by atoms with Crippen LogP contribution in [0.4, 0.5) is 0 Å². The minimum absolute atomic E-state index is 0.0325. The number of carbonyl (C=O) groups is 2. The fourth-order valence-electron chi connectivity index (χ4n) is 4.42. The largest absolute Gasteiger partial charge is 0.497 e. The first-order chi connectivity index (χ1) is 17.6. The molecule has 36 heavy (non-hydrogen) atoms. The molecule has 1 amide bonds. The van der Waals surface area contributed by atoms with Crippen molar-refractivity contribution in [3.8, 4) is 5.75 Å². The number of amides is 1. The summed E-state index contributed by atoms with van der Waals surface area (Å²) < 4.78 is 11.0. The standard InChI is InChI=1S/C28H29N3O4S/c1-3-35-27(33)24-25(19-8-5-4-6-9-19)30-28-31(26(24)20-10-7-11-22(14-20)34-2)21(17-36-28)15-23(32)29-16-18-12-13-18/h4-11,14,17-18,26H,3,12-13,15-16H2,1-2H3,(H,29,32). The zero-order valence-electron chi connectivity index (χ0n) is 20.4. The molecule has 3 aliphatic rings. The van der Waals surface area contributed by atoms with E-state index in [0.717, 1.165) is 22.0 Å². The Hall–Kier alpha value is -3.52. The van der Waals surface area contributed by atoms with Gasteiger partial charge < -0.3 is 19.7 Å². The number of rotatable bonds is 9. The number of aliphatic imine (C=N–C) groups is 1. The summed E-state index contributed by atoms with van der Waals surface area (Å²) in [4.78, 5) is 33.2. The Morgan fingerprint density at radius 3 is 2.67 bits per heavy atom. The molecule has 186 valence electrons. The lowest BCUT2D eigenvalue weighted by atomic mass is 9.91. The first-order valence-corrected chi connectivity index (χ1v) is 13.1. The minimum Gasteiger partial charge on any atom is -0.497 e. The highest BCUT2D eigenvalue weighted by molar-refractivity contribution is 8.16. The number of esters is 1. The van der Waals surface area contributed by atoms with Gasteiger partial charge in [0.15, 0.2) is 5.17 Å². The maximum absolute atomic E-state index is 13.5. The van der Waals surface area contributed by atoms with Gasteiger partial charge in [-0.3, -0.25) is 4.79 Å². The maximum Gasteiger partial charge on any atom is 0.338 e. The summed E-state index contributed by atoms with van der Waals surface area (Å²) in [5, 5.41) is 5.73. The van der Waals surface area contributed by atoms with Gasteiger partial charge in [-0.1, -0.05) is 54.2 Å². The summed E-state index contributed by atoms with van der Waals surface area (Å²) in [5.74, 6) is 0.821. The molecule has 0 saturated heterocycles. The fraction of sp³-hybridized carbons (Fsp3) is 0.321. The molecule has 1 N–H and O–H groups in total. The fourth-order valence-corrected chi connectivity index (χ4v) is 5.34. The maximum atomic E-state index is 13.5. The predicted octanol–water partition coefficient (Wildman–Crippen LogP) is 4.89. The van der Waals surface area contributed by atoms with E-state index in [4.69, 9.17) is 14.5 Å². The number of amidine groups is 1. The summed E-state index contributed by atoms with van der Waals surface area (Å²) in [6, 6.07) is 16.8. The summed E-state index contributed by atoms with van der Waals surface area (Å²) in [5.41, 5.74) is 3.50. The van der Waals surface area contributed by atoms with Gasteiger partial charge in [0.05, 0.1) is 37.4 Å². The third-order valence-corrected chi connectivity index (χ3v) is 7.28. The zero-order valence-corrected chi connectivity index (χ0v) is 21.2. The molecule has 0 aromatic heterocycles. The smallest absolute Gasteiger partial charge is 0.338 e. The first-order valence-electron chi connectivity index (χ1n) is 12.2. The molecule has 1 saturated carbocycles. The SMILES string of the molecule is CCOC(=O)C1=C(c2ccccc2)N=C2SC=C(CC(=O)NCC3CC3)N2C1c1cccc(OC)c1. The second-order valence-corrected chi connectivity index (χ2v) is 9.78. The van der Waals surface area contributed by atoms with E-state index in [1.807, 2.05) is 64.9 Å². The van der Waals surface area contributed by atoms with Crippen molar-refractivity contribution in [2.75, 3.05) is 20.3 Å². The van der Waals surface area contributed by atoms with Gasteiger partial charge in [0, 0.05) is 17.8 Å². The van der Waals surface area contributed by atoms with Crippen LogP contribution >= 0.6 is 11.8 Å². The van der Waals surface area contributed by atoms with Crippen molar-refractivity contribution in [1.82, 2.24) is 10.2 Å². The highest BCUT2D eigenvalue weighted by Gasteiger charge is 2.42. The van der Waals surface area contributed by atoms with Crippen molar-refractivity contribution in [2.24, 2.45) is 10.9 Å². The first kappa shape index (κ1) is 24.2. The molecule has 2 aromatic rings. The average molecular weight is 504 g/mol. The van der Waals surface area contributed by atoms with Crippen molar-refractivity contribution in [2.45, 2.75) is 32.2 Å². The van der Waals surface area contributed by atoms with E-state index in [9.17, 15) is 9.59 Å². The highest BCUT2D eigenvalue weighted by atomic mass is 32.2. The molecule has 2 aromatic carbocycles. The van der Waals surface area contributed by atoms with E-state index < -0.39 is 12.0 Å². The van der Waals surface area contributed by atoms with Gasteiger partial charge in [-0.15, -0.1) is 0 Å². The molecule has 1 aliphatic carbocycles. The van der Waals surface area contributed by atoms with Crippen LogP contribution in [-0.4, -0.2) is 42.2 Å². The number of thioether (sulfide) groups is 1. The molecule has 8 heteroatoms. The number of ether oxygens (including phenoxy) is 2. The Balaban J connectivity index is 1.59. The lowest BCUT2D eigenvalue weighted by molar-refractivity contribution is -0.139. The van der Waals surface area contributed by atoms with Crippen LogP contribution in [0.25, 0.3) is 5.70 Å². The normalized spacial score (nSPS) is 18.8. The van der Waals surface area contributed by atoms with Gasteiger partial charge in [0.2, 0.25) is 5.91 Å². The highest BCUT2D eigenvalue weighted by Crippen LogP contribution is 2.47.